The maximum atomic E-state index is 13.6. The van der Waals surface area contributed by atoms with Crippen LogP contribution in [0, 0.1) is 17.1 Å². The van der Waals surface area contributed by atoms with Crippen LogP contribution in [-0.4, -0.2) is 28.5 Å². The summed E-state index contributed by atoms with van der Waals surface area (Å²) in [6.45, 7) is 1.46. The third-order valence-electron chi connectivity index (χ3n) is 5.42. The van der Waals surface area contributed by atoms with Gasteiger partial charge in [-0.2, -0.15) is 5.26 Å². The maximum absolute atomic E-state index is 13.6. The van der Waals surface area contributed by atoms with E-state index in [-0.39, 0.29) is 23.6 Å². The van der Waals surface area contributed by atoms with Crippen molar-refractivity contribution in [2.45, 2.75) is 25.8 Å². The summed E-state index contributed by atoms with van der Waals surface area (Å²) in [4.78, 5) is 28.1. The third kappa shape index (κ3) is 4.71. The molecule has 1 amide bonds. The summed E-state index contributed by atoms with van der Waals surface area (Å²) < 4.78 is 15.8. The van der Waals surface area contributed by atoms with Gasteiger partial charge in [-0.05, 0) is 48.6 Å². The minimum atomic E-state index is -0.398. The number of rotatable bonds is 4. The molecule has 3 aromatic rings. The van der Waals surface area contributed by atoms with Gasteiger partial charge in [0.1, 0.15) is 16.5 Å². The van der Waals surface area contributed by atoms with Crippen LogP contribution in [0.2, 0.25) is 0 Å². The molecule has 0 N–H and O–H groups in total. The number of hydrogen-bond donors (Lipinski definition) is 0. The number of carbonyl (C=O) groups excluding carboxylic acids is 1. The zero-order valence-electron chi connectivity index (χ0n) is 17.5. The average molecular weight is 448 g/mol. The number of hydrogen-bond acceptors (Lipinski definition) is 4. The van der Waals surface area contributed by atoms with Crippen LogP contribution in [-0.2, 0) is 11.3 Å². The Kier molecular flexibility index (Phi) is 6.62. The molecule has 2 heterocycles. The van der Waals surface area contributed by atoms with E-state index in [1.807, 2.05) is 30.3 Å². The molecule has 1 aliphatic rings. The summed E-state index contributed by atoms with van der Waals surface area (Å²) in [6.07, 6.45) is 4.48. The van der Waals surface area contributed by atoms with Crippen molar-refractivity contribution >= 4 is 28.9 Å². The van der Waals surface area contributed by atoms with Gasteiger partial charge in [0.15, 0.2) is 5.57 Å². The van der Waals surface area contributed by atoms with Gasteiger partial charge in [0, 0.05) is 13.1 Å². The predicted octanol–water partition coefficient (Wildman–Crippen LogP) is 2.61. The fourth-order valence-electron chi connectivity index (χ4n) is 3.80. The lowest BCUT2D eigenvalue weighted by Gasteiger charge is -2.26. The van der Waals surface area contributed by atoms with E-state index in [9.17, 15) is 19.2 Å². The molecule has 0 unspecified atom stereocenters. The quantitative estimate of drug-likeness (QED) is 0.618. The molecule has 0 atom stereocenters. The second-order valence-corrected chi connectivity index (χ2v) is 8.72. The molecule has 5 nitrogen and oxygen atoms in total. The van der Waals surface area contributed by atoms with Crippen molar-refractivity contribution in [1.29, 1.82) is 5.26 Å². The normalized spacial score (nSPS) is 15.4. The Hall–Kier alpha value is -3.50. The van der Waals surface area contributed by atoms with Gasteiger partial charge in [-0.3, -0.25) is 14.2 Å². The predicted molar refractivity (Wildman–Crippen MR) is 123 cm³/mol. The highest BCUT2D eigenvalue weighted by molar-refractivity contribution is 7.07. The van der Waals surface area contributed by atoms with E-state index in [1.54, 1.807) is 23.1 Å². The van der Waals surface area contributed by atoms with E-state index >= 15 is 0 Å². The number of aromatic nitrogens is 1. The lowest BCUT2D eigenvalue weighted by Crippen LogP contribution is -2.39. The van der Waals surface area contributed by atoms with E-state index < -0.39 is 5.82 Å². The molecule has 1 saturated heterocycles. The summed E-state index contributed by atoms with van der Waals surface area (Å²) >= 11 is 1.10. The van der Waals surface area contributed by atoms with Crippen LogP contribution in [0.1, 0.15) is 30.4 Å². The van der Waals surface area contributed by atoms with Crippen molar-refractivity contribution in [3.8, 4) is 6.07 Å². The first-order valence-corrected chi connectivity index (χ1v) is 11.3. The van der Waals surface area contributed by atoms with Crippen molar-refractivity contribution < 1.29 is 9.18 Å². The SMILES string of the molecule is N#C/C(C(=O)N1CCCCC1)=c1\s/c(=C/c2cccc(F)c2)c(=O)n1Cc1ccccc1. The number of thiazole rings is 1. The second kappa shape index (κ2) is 9.75. The van der Waals surface area contributed by atoms with Crippen LogP contribution in [0.4, 0.5) is 4.39 Å². The lowest BCUT2D eigenvalue weighted by molar-refractivity contribution is -0.125. The van der Waals surface area contributed by atoms with E-state index in [2.05, 4.69) is 6.07 Å². The van der Waals surface area contributed by atoms with Gasteiger partial charge in [0.25, 0.3) is 11.5 Å². The summed E-state index contributed by atoms with van der Waals surface area (Å²) in [6, 6.07) is 17.4. The lowest BCUT2D eigenvalue weighted by atomic mass is 10.1. The molecule has 0 aliphatic carbocycles. The van der Waals surface area contributed by atoms with E-state index in [0.717, 1.165) is 36.2 Å². The number of amides is 1. The van der Waals surface area contributed by atoms with Crippen LogP contribution >= 0.6 is 11.3 Å². The maximum Gasteiger partial charge on any atom is 0.269 e. The summed E-state index contributed by atoms with van der Waals surface area (Å²) in [5.74, 6) is -0.739. The van der Waals surface area contributed by atoms with Crippen molar-refractivity contribution in [2.75, 3.05) is 13.1 Å². The second-order valence-electron chi connectivity index (χ2n) is 7.69. The molecular formula is C25H22FN3O2S. The van der Waals surface area contributed by atoms with Gasteiger partial charge in [-0.1, -0.05) is 42.5 Å². The van der Waals surface area contributed by atoms with Gasteiger partial charge in [-0.15, -0.1) is 11.3 Å². The number of carbonyl (C=O) groups is 1. The molecule has 1 aliphatic heterocycles. The molecule has 4 rings (SSSR count). The Bertz CT molecular complexity index is 1350. The molecule has 162 valence electrons. The highest BCUT2D eigenvalue weighted by Gasteiger charge is 2.23. The monoisotopic (exact) mass is 447 g/mol. The Morgan fingerprint density at radius 3 is 2.53 bits per heavy atom. The fraction of sp³-hybridized carbons (Fsp3) is 0.240. The third-order valence-corrected chi connectivity index (χ3v) is 6.55. The van der Waals surface area contributed by atoms with Crippen LogP contribution in [0.15, 0.2) is 59.4 Å². The molecule has 0 spiro atoms. The molecule has 0 saturated carbocycles. The van der Waals surface area contributed by atoms with Crippen molar-refractivity contribution in [2.24, 2.45) is 0 Å². The van der Waals surface area contributed by atoms with Gasteiger partial charge in [-0.25, -0.2) is 4.39 Å². The highest BCUT2D eigenvalue weighted by atomic mass is 32.1. The van der Waals surface area contributed by atoms with Crippen molar-refractivity contribution in [3.63, 3.8) is 0 Å². The molecule has 2 aromatic carbocycles. The largest absolute Gasteiger partial charge is 0.338 e. The zero-order chi connectivity index (χ0) is 22.5. The smallest absolute Gasteiger partial charge is 0.269 e. The number of nitriles is 1. The fourth-order valence-corrected chi connectivity index (χ4v) is 4.90. The first kappa shape index (κ1) is 21.7. The summed E-state index contributed by atoms with van der Waals surface area (Å²) in [5.41, 5.74) is 1.09. The average Bonchev–Trinajstić information content (AvgIpc) is 3.10. The van der Waals surface area contributed by atoms with Crippen LogP contribution in [0.5, 0.6) is 0 Å². The standard InChI is InChI=1S/C25H22FN3O2S/c26-20-11-7-10-19(14-20)15-22-24(31)29(17-18-8-3-1-4-9-18)25(32-22)21(16-27)23(30)28-12-5-2-6-13-28/h1,3-4,7-11,14-15H,2,5-6,12-13,17H2/b22-15+,25-21+. The highest BCUT2D eigenvalue weighted by Crippen LogP contribution is 2.12. The molecule has 0 bridgehead atoms. The Morgan fingerprint density at radius 2 is 1.84 bits per heavy atom. The molecule has 1 aromatic heterocycles. The topological polar surface area (TPSA) is 66.1 Å². The molecule has 0 radical (unpaired) electrons. The van der Waals surface area contributed by atoms with E-state index in [0.29, 0.717) is 27.8 Å². The van der Waals surface area contributed by atoms with Gasteiger partial charge in [0.05, 0.1) is 11.1 Å². The number of halogens is 1. The Morgan fingerprint density at radius 1 is 1.09 bits per heavy atom. The minimum absolute atomic E-state index is 0.0242. The Balaban J connectivity index is 1.91. The first-order valence-electron chi connectivity index (χ1n) is 10.5. The van der Waals surface area contributed by atoms with Gasteiger partial charge in [0.2, 0.25) is 0 Å². The number of piperidine rings is 1. The van der Waals surface area contributed by atoms with Crippen molar-refractivity contribution in [1.82, 2.24) is 9.47 Å². The zero-order valence-corrected chi connectivity index (χ0v) is 18.3. The number of nitrogens with zero attached hydrogens (tertiary/aromatic N) is 3. The first-order chi connectivity index (χ1) is 15.6. The van der Waals surface area contributed by atoms with Gasteiger partial charge < -0.3 is 4.90 Å². The molecule has 32 heavy (non-hydrogen) atoms. The minimum Gasteiger partial charge on any atom is -0.338 e. The molecular weight excluding hydrogens is 425 g/mol. The summed E-state index contributed by atoms with van der Waals surface area (Å²) in [5, 5.41) is 9.89. The van der Waals surface area contributed by atoms with Gasteiger partial charge >= 0.3 is 0 Å². The van der Waals surface area contributed by atoms with E-state index in [4.69, 9.17) is 0 Å². The van der Waals surface area contributed by atoms with E-state index in [1.165, 1.54) is 16.7 Å². The van der Waals surface area contributed by atoms with Crippen LogP contribution < -0.4 is 14.8 Å². The van der Waals surface area contributed by atoms with Crippen molar-refractivity contribution in [3.05, 3.63) is 91.1 Å². The number of likely N-dealkylation sites (tertiary alicyclic amines) is 1. The number of benzene rings is 2. The molecule has 7 heteroatoms. The summed E-state index contributed by atoms with van der Waals surface area (Å²) in [7, 11) is 0. The van der Waals surface area contributed by atoms with Crippen LogP contribution in [0.25, 0.3) is 11.6 Å². The Labute approximate surface area is 189 Å². The molecule has 1 fully saturated rings. The van der Waals surface area contributed by atoms with Crippen LogP contribution in [0.3, 0.4) is 0 Å².